The van der Waals surface area contributed by atoms with Crippen LogP contribution in [0.25, 0.3) is 32.1 Å². The monoisotopic (exact) mass is 230 g/mol. The molecule has 82 valence electrons. The average Bonchev–Trinajstić information content (AvgIpc) is 2.69. The Hall–Kier alpha value is -2.91. The second-order valence-corrected chi connectivity index (χ2v) is 3.99. The highest BCUT2D eigenvalue weighted by Crippen LogP contribution is 2.22. The molecule has 0 atom stereocenters. The maximum Gasteiger partial charge on any atom is 0.273 e. The molecule has 0 aliphatic carbocycles. The Labute approximate surface area is 102 Å². The summed E-state index contributed by atoms with van der Waals surface area (Å²) in [5.74, 6) is 0. The molecular weight excluding hydrogens is 224 g/mol. The second-order valence-electron chi connectivity index (χ2n) is 3.99. The molecule has 0 saturated carbocycles. The maximum absolute atomic E-state index is 12.3. The van der Waals surface area contributed by atoms with Crippen molar-refractivity contribution >= 4 is 27.2 Å². The SMILES string of the molecule is [C-]#[N+]C(C#N)=c1c(=O)c2cccc3cccc1c32. The summed E-state index contributed by atoms with van der Waals surface area (Å²) < 4.78 is 0. The van der Waals surface area contributed by atoms with Crippen molar-refractivity contribution in [3.05, 3.63) is 63.3 Å². The molecule has 0 fully saturated rings. The largest absolute Gasteiger partial charge is 0.290 e. The van der Waals surface area contributed by atoms with E-state index < -0.39 is 0 Å². The van der Waals surface area contributed by atoms with E-state index in [-0.39, 0.29) is 16.3 Å². The van der Waals surface area contributed by atoms with E-state index in [9.17, 15) is 4.79 Å². The number of benzene rings is 2. The van der Waals surface area contributed by atoms with E-state index >= 15 is 0 Å². The Balaban J connectivity index is 2.83. The van der Waals surface area contributed by atoms with Gasteiger partial charge in [-0.05, 0) is 16.2 Å². The van der Waals surface area contributed by atoms with Gasteiger partial charge in [-0.2, -0.15) is 0 Å². The van der Waals surface area contributed by atoms with Gasteiger partial charge in [-0.1, -0.05) is 36.4 Å². The van der Waals surface area contributed by atoms with Crippen molar-refractivity contribution in [3.63, 3.8) is 0 Å². The van der Waals surface area contributed by atoms with E-state index in [2.05, 4.69) is 4.85 Å². The zero-order valence-electron chi connectivity index (χ0n) is 9.27. The molecule has 18 heavy (non-hydrogen) atoms. The van der Waals surface area contributed by atoms with E-state index in [1.54, 1.807) is 18.2 Å². The van der Waals surface area contributed by atoms with Gasteiger partial charge in [0.25, 0.3) is 5.70 Å². The van der Waals surface area contributed by atoms with Gasteiger partial charge in [0, 0.05) is 10.6 Å². The summed E-state index contributed by atoms with van der Waals surface area (Å²) in [7, 11) is 0. The molecule has 0 saturated heterocycles. The fraction of sp³-hybridized carbons (Fsp3) is 0. The number of nitrogens with zero attached hydrogens (tertiary/aromatic N) is 2. The lowest BCUT2D eigenvalue weighted by Gasteiger charge is -1.96. The molecule has 0 N–H and O–H groups in total. The van der Waals surface area contributed by atoms with Gasteiger partial charge in [0.15, 0.2) is 5.43 Å². The zero-order valence-corrected chi connectivity index (χ0v) is 9.27. The minimum Gasteiger partial charge on any atom is -0.290 e. The normalized spacial score (nSPS) is 12.3. The van der Waals surface area contributed by atoms with Gasteiger partial charge in [0.1, 0.15) is 0 Å². The zero-order chi connectivity index (χ0) is 12.7. The summed E-state index contributed by atoms with van der Waals surface area (Å²) in [6.45, 7) is 7.01. The topological polar surface area (TPSA) is 45.2 Å². The molecule has 0 amide bonds. The van der Waals surface area contributed by atoms with Crippen LogP contribution in [0.1, 0.15) is 0 Å². The van der Waals surface area contributed by atoms with Crippen LogP contribution in [0.5, 0.6) is 0 Å². The molecule has 0 spiro atoms. The molecule has 0 aliphatic rings. The predicted molar refractivity (Wildman–Crippen MR) is 69.8 cm³/mol. The van der Waals surface area contributed by atoms with Gasteiger partial charge in [0.2, 0.25) is 0 Å². The lowest BCUT2D eigenvalue weighted by atomic mass is 10.1. The smallest absolute Gasteiger partial charge is 0.273 e. The summed E-state index contributed by atoms with van der Waals surface area (Å²) >= 11 is 0. The summed E-state index contributed by atoms with van der Waals surface area (Å²) in [5.41, 5.74) is -0.363. The number of rotatable bonds is 0. The van der Waals surface area contributed by atoms with Crippen molar-refractivity contribution in [1.29, 1.82) is 5.26 Å². The van der Waals surface area contributed by atoms with Crippen molar-refractivity contribution in [2.24, 2.45) is 0 Å². The van der Waals surface area contributed by atoms with Gasteiger partial charge in [0.05, 0.1) is 12.6 Å². The summed E-state index contributed by atoms with van der Waals surface area (Å²) in [5, 5.41) is 12.3. The highest BCUT2D eigenvalue weighted by molar-refractivity contribution is 6.12. The van der Waals surface area contributed by atoms with Crippen LogP contribution in [0.15, 0.2) is 41.2 Å². The van der Waals surface area contributed by atoms with Crippen LogP contribution < -0.4 is 10.6 Å². The Morgan fingerprint density at radius 3 is 2.44 bits per heavy atom. The van der Waals surface area contributed by atoms with Crippen LogP contribution in [0.3, 0.4) is 0 Å². The molecule has 0 aliphatic heterocycles. The molecule has 0 unspecified atom stereocenters. The van der Waals surface area contributed by atoms with Crippen LogP contribution in [0.2, 0.25) is 0 Å². The fourth-order valence-electron chi connectivity index (χ4n) is 2.37. The highest BCUT2D eigenvalue weighted by atomic mass is 16.1. The van der Waals surface area contributed by atoms with Gasteiger partial charge >= 0.3 is 0 Å². The van der Waals surface area contributed by atoms with Gasteiger partial charge in [-0.3, -0.25) is 4.79 Å². The van der Waals surface area contributed by atoms with Crippen molar-refractivity contribution in [2.45, 2.75) is 0 Å². The molecule has 3 nitrogen and oxygen atoms in total. The first-order valence-electron chi connectivity index (χ1n) is 5.36. The molecule has 3 heteroatoms. The van der Waals surface area contributed by atoms with Crippen LogP contribution in [-0.2, 0) is 0 Å². The van der Waals surface area contributed by atoms with E-state index in [1.807, 2.05) is 24.3 Å². The Kier molecular flexibility index (Phi) is 2.02. The molecule has 0 bridgehead atoms. The number of hydrogen-bond donors (Lipinski definition) is 0. The Morgan fingerprint density at radius 1 is 1.17 bits per heavy atom. The molecule has 0 heterocycles. The van der Waals surface area contributed by atoms with Crippen LogP contribution >= 0.6 is 0 Å². The second kappa shape index (κ2) is 3.55. The molecule has 3 aromatic rings. The van der Waals surface area contributed by atoms with Gasteiger partial charge in [-0.25, -0.2) is 10.1 Å². The third-order valence-electron chi connectivity index (χ3n) is 3.10. The first kappa shape index (κ1) is 10.3. The minimum atomic E-state index is -0.227. The van der Waals surface area contributed by atoms with E-state index in [0.717, 1.165) is 10.8 Å². The Bertz CT molecular complexity index is 937. The molecule has 3 rings (SSSR count). The summed E-state index contributed by atoms with van der Waals surface area (Å²) in [6.07, 6.45) is 0. The summed E-state index contributed by atoms with van der Waals surface area (Å²) in [4.78, 5) is 15.4. The van der Waals surface area contributed by atoms with Crippen molar-refractivity contribution < 1.29 is 0 Å². The van der Waals surface area contributed by atoms with Crippen LogP contribution in [0, 0.1) is 17.9 Å². The Morgan fingerprint density at radius 2 is 1.83 bits per heavy atom. The standard InChI is InChI=1S/C15H6N2O/c1-17-12(8-16)14-10-6-2-4-9-5-3-7-11(13(9)10)15(14)18/h2-7H. The minimum absolute atomic E-state index is 0.135. The average molecular weight is 230 g/mol. The van der Waals surface area contributed by atoms with Gasteiger partial charge in [-0.15, -0.1) is 0 Å². The van der Waals surface area contributed by atoms with E-state index in [4.69, 9.17) is 11.8 Å². The number of nitriles is 1. The van der Waals surface area contributed by atoms with Crippen LogP contribution in [0.4, 0.5) is 0 Å². The number of hydrogen-bond acceptors (Lipinski definition) is 2. The van der Waals surface area contributed by atoms with Crippen molar-refractivity contribution in [2.75, 3.05) is 0 Å². The highest BCUT2D eigenvalue weighted by Gasteiger charge is 2.13. The van der Waals surface area contributed by atoms with Crippen molar-refractivity contribution in [1.82, 2.24) is 0 Å². The predicted octanol–water partition coefficient (Wildman–Crippen LogP) is 2.06. The van der Waals surface area contributed by atoms with Gasteiger partial charge < -0.3 is 0 Å². The molecule has 3 aromatic carbocycles. The van der Waals surface area contributed by atoms with Crippen LogP contribution in [-0.4, -0.2) is 0 Å². The lowest BCUT2D eigenvalue weighted by molar-refractivity contribution is 1.52. The third-order valence-corrected chi connectivity index (χ3v) is 3.10. The first-order valence-corrected chi connectivity index (χ1v) is 5.36. The molecular formula is C15H6N2O. The summed E-state index contributed by atoms with van der Waals surface area (Å²) in [6, 6.07) is 12.8. The quantitative estimate of drug-likeness (QED) is 0.555. The third kappa shape index (κ3) is 1.13. The fourth-order valence-corrected chi connectivity index (χ4v) is 2.37. The maximum atomic E-state index is 12.3. The molecule has 0 radical (unpaired) electrons. The van der Waals surface area contributed by atoms with E-state index in [1.165, 1.54) is 0 Å². The lowest BCUT2D eigenvalue weighted by Crippen LogP contribution is -2.21. The van der Waals surface area contributed by atoms with Crippen molar-refractivity contribution in [3.8, 4) is 6.07 Å². The first-order chi connectivity index (χ1) is 8.77. The molecule has 0 aromatic heterocycles. The van der Waals surface area contributed by atoms with E-state index in [0.29, 0.717) is 10.8 Å².